The Morgan fingerprint density at radius 2 is 2.17 bits per heavy atom. The van der Waals surface area contributed by atoms with Gasteiger partial charge in [-0.1, -0.05) is 31.2 Å². The van der Waals surface area contributed by atoms with E-state index in [0.29, 0.717) is 12.5 Å². The van der Waals surface area contributed by atoms with Gasteiger partial charge in [-0.2, -0.15) is 0 Å². The molecule has 1 saturated heterocycles. The van der Waals surface area contributed by atoms with E-state index in [1.807, 2.05) is 31.2 Å². The molecule has 2 rings (SSSR count). The molecule has 0 amide bonds. The monoisotopic (exact) mass is 247 g/mol. The Bertz CT molecular complexity index is 430. The molecule has 3 heteroatoms. The fourth-order valence-electron chi connectivity index (χ4n) is 2.73. The number of benzene rings is 1. The summed E-state index contributed by atoms with van der Waals surface area (Å²) in [4.78, 5) is 14.4. The summed E-state index contributed by atoms with van der Waals surface area (Å²) in [5.41, 5.74) is 1.82. The highest BCUT2D eigenvalue weighted by atomic mass is 16.3. The topological polar surface area (TPSA) is 40.5 Å². The average molecular weight is 247 g/mol. The van der Waals surface area contributed by atoms with E-state index in [-0.39, 0.29) is 18.4 Å². The molecular formula is C15H21NO2. The number of Topliss-reactive ketones (excluding diaryl/α,β-unsaturated/α-hetero) is 1. The minimum Gasteiger partial charge on any atom is -0.395 e. The van der Waals surface area contributed by atoms with Crippen molar-refractivity contribution in [3.05, 3.63) is 35.4 Å². The van der Waals surface area contributed by atoms with Crippen LogP contribution in [0.25, 0.3) is 0 Å². The van der Waals surface area contributed by atoms with Crippen LogP contribution in [0.5, 0.6) is 0 Å². The molecule has 0 aromatic heterocycles. The Morgan fingerprint density at radius 3 is 2.83 bits per heavy atom. The number of hydrogen-bond donors (Lipinski definition) is 1. The first-order valence-electron chi connectivity index (χ1n) is 6.57. The van der Waals surface area contributed by atoms with Gasteiger partial charge in [-0.25, -0.2) is 0 Å². The van der Waals surface area contributed by atoms with Crippen LogP contribution in [0.3, 0.4) is 0 Å². The number of hydrogen-bond acceptors (Lipinski definition) is 3. The standard InChI is InChI=1S/C15H21NO2/c1-11-5-3-4-6-13(11)15(18)9-16-8-7-12(2)14(16)10-17/h3-6,12,14,17H,7-10H2,1-2H3. The van der Waals surface area contributed by atoms with Crippen LogP contribution in [0.4, 0.5) is 0 Å². The molecular weight excluding hydrogens is 226 g/mol. The Kier molecular flexibility index (Phi) is 4.15. The first-order valence-corrected chi connectivity index (χ1v) is 6.57. The lowest BCUT2D eigenvalue weighted by atomic mass is 10.0. The summed E-state index contributed by atoms with van der Waals surface area (Å²) in [6, 6.07) is 7.82. The number of nitrogens with zero attached hydrogens (tertiary/aromatic N) is 1. The molecule has 1 aliphatic heterocycles. The number of carbonyl (C=O) groups excluding carboxylic acids is 1. The normalized spacial score (nSPS) is 24.4. The quantitative estimate of drug-likeness (QED) is 0.826. The average Bonchev–Trinajstić information content (AvgIpc) is 2.70. The molecule has 1 heterocycles. The minimum atomic E-state index is 0.137. The molecule has 3 nitrogen and oxygen atoms in total. The third-order valence-electron chi connectivity index (χ3n) is 3.98. The molecule has 0 radical (unpaired) electrons. The second-order valence-electron chi connectivity index (χ2n) is 5.22. The molecule has 2 unspecified atom stereocenters. The number of aliphatic hydroxyl groups excluding tert-OH is 1. The van der Waals surface area contributed by atoms with E-state index in [2.05, 4.69) is 11.8 Å². The maximum Gasteiger partial charge on any atom is 0.177 e. The number of likely N-dealkylation sites (tertiary alicyclic amines) is 1. The maximum absolute atomic E-state index is 12.3. The Labute approximate surface area is 108 Å². The Morgan fingerprint density at radius 1 is 1.44 bits per heavy atom. The van der Waals surface area contributed by atoms with Gasteiger partial charge in [-0.3, -0.25) is 9.69 Å². The first-order chi connectivity index (χ1) is 8.63. The highest BCUT2D eigenvalue weighted by molar-refractivity contribution is 5.98. The second kappa shape index (κ2) is 5.63. The van der Waals surface area contributed by atoms with E-state index in [0.717, 1.165) is 24.1 Å². The molecule has 1 aromatic rings. The number of rotatable bonds is 4. The van der Waals surface area contributed by atoms with Gasteiger partial charge in [0.2, 0.25) is 0 Å². The summed E-state index contributed by atoms with van der Waals surface area (Å²) in [7, 11) is 0. The van der Waals surface area contributed by atoms with Crippen LogP contribution in [-0.4, -0.2) is 41.5 Å². The van der Waals surface area contributed by atoms with Gasteiger partial charge in [0, 0.05) is 11.6 Å². The molecule has 0 saturated carbocycles. The van der Waals surface area contributed by atoms with Crippen molar-refractivity contribution in [2.24, 2.45) is 5.92 Å². The summed E-state index contributed by atoms with van der Waals surface area (Å²) in [5.74, 6) is 0.625. The van der Waals surface area contributed by atoms with Crippen LogP contribution >= 0.6 is 0 Å². The van der Waals surface area contributed by atoms with Crippen molar-refractivity contribution in [3.8, 4) is 0 Å². The lowest BCUT2D eigenvalue weighted by Crippen LogP contribution is -2.38. The zero-order valence-electron chi connectivity index (χ0n) is 11.1. The van der Waals surface area contributed by atoms with Crippen molar-refractivity contribution in [1.82, 2.24) is 4.90 Å². The minimum absolute atomic E-state index is 0.137. The molecule has 0 bridgehead atoms. The van der Waals surface area contributed by atoms with Crippen molar-refractivity contribution in [2.45, 2.75) is 26.3 Å². The van der Waals surface area contributed by atoms with Gasteiger partial charge in [0.05, 0.1) is 13.2 Å². The first kappa shape index (κ1) is 13.2. The predicted molar refractivity (Wildman–Crippen MR) is 71.7 cm³/mol. The largest absolute Gasteiger partial charge is 0.395 e. The van der Waals surface area contributed by atoms with Crippen LogP contribution in [0.15, 0.2) is 24.3 Å². The second-order valence-corrected chi connectivity index (χ2v) is 5.22. The molecule has 0 aliphatic carbocycles. The van der Waals surface area contributed by atoms with Crippen molar-refractivity contribution in [3.63, 3.8) is 0 Å². The van der Waals surface area contributed by atoms with Crippen molar-refractivity contribution < 1.29 is 9.90 Å². The van der Waals surface area contributed by atoms with Crippen molar-refractivity contribution in [2.75, 3.05) is 19.7 Å². The highest BCUT2D eigenvalue weighted by Crippen LogP contribution is 2.23. The number of aliphatic hydroxyl groups is 1. The van der Waals surface area contributed by atoms with E-state index < -0.39 is 0 Å². The van der Waals surface area contributed by atoms with E-state index >= 15 is 0 Å². The number of carbonyl (C=O) groups is 1. The van der Waals surface area contributed by atoms with E-state index in [1.165, 1.54) is 0 Å². The molecule has 1 aromatic carbocycles. The van der Waals surface area contributed by atoms with Gasteiger partial charge >= 0.3 is 0 Å². The van der Waals surface area contributed by atoms with Crippen molar-refractivity contribution >= 4 is 5.78 Å². The summed E-state index contributed by atoms with van der Waals surface area (Å²) in [6.45, 7) is 5.56. The van der Waals surface area contributed by atoms with Gasteiger partial charge in [-0.15, -0.1) is 0 Å². The van der Waals surface area contributed by atoms with E-state index in [1.54, 1.807) is 0 Å². The van der Waals surface area contributed by atoms with Crippen LogP contribution < -0.4 is 0 Å². The van der Waals surface area contributed by atoms with Crippen LogP contribution in [-0.2, 0) is 0 Å². The van der Waals surface area contributed by atoms with E-state index in [9.17, 15) is 9.90 Å². The third kappa shape index (κ3) is 2.62. The zero-order valence-corrected chi connectivity index (χ0v) is 11.1. The van der Waals surface area contributed by atoms with Gasteiger partial charge in [-0.05, 0) is 31.4 Å². The van der Waals surface area contributed by atoms with Crippen LogP contribution in [0.1, 0.15) is 29.3 Å². The molecule has 18 heavy (non-hydrogen) atoms. The van der Waals surface area contributed by atoms with E-state index in [4.69, 9.17) is 0 Å². The molecule has 1 N–H and O–H groups in total. The molecule has 98 valence electrons. The third-order valence-corrected chi connectivity index (χ3v) is 3.98. The van der Waals surface area contributed by atoms with Gasteiger partial charge in [0.15, 0.2) is 5.78 Å². The Hall–Kier alpha value is -1.19. The summed E-state index contributed by atoms with van der Waals surface area (Å²) in [6.07, 6.45) is 1.06. The number of ketones is 1. The fourth-order valence-corrected chi connectivity index (χ4v) is 2.73. The van der Waals surface area contributed by atoms with Crippen LogP contribution in [0, 0.1) is 12.8 Å². The SMILES string of the molecule is Cc1ccccc1C(=O)CN1CCC(C)C1CO. The van der Waals surface area contributed by atoms with Gasteiger partial charge < -0.3 is 5.11 Å². The molecule has 0 spiro atoms. The molecule has 2 atom stereocenters. The lowest BCUT2D eigenvalue weighted by molar-refractivity contribution is 0.0865. The summed E-state index contributed by atoms with van der Waals surface area (Å²) in [5, 5.41) is 9.39. The summed E-state index contributed by atoms with van der Waals surface area (Å²) < 4.78 is 0. The van der Waals surface area contributed by atoms with Gasteiger partial charge in [0.1, 0.15) is 0 Å². The molecule has 1 fully saturated rings. The molecule has 1 aliphatic rings. The Balaban J connectivity index is 2.06. The lowest BCUT2D eigenvalue weighted by Gasteiger charge is -2.24. The van der Waals surface area contributed by atoms with Crippen molar-refractivity contribution in [1.29, 1.82) is 0 Å². The highest BCUT2D eigenvalue weighted by Gasteiger charge is 2.31. The summed E-state index contributed by atoms with van der Waals surface area (Å²) >= 11 is 0. The predicted octanol–water partition coefficient (Wildman–Crippen LogP) is 1.88. The van der Waals surface area contributed by atoms with Gasteiger partial charge in [0.25, 0.3) is 0 Å². The number of aryl methyl sites for hydroxylation is 1. The smallest absolute Gasteiger partial charge is 0.177 e. The maximum atomic E-state index is 12.3. The zero-order chi connectivity index (χ0) is 13.1. The fraction of sp³-hybridized carbons (Fsp3) is 0.533. The van der Waals surface area contributed by atoms with Crippen LogP contribution in [0.2, 0.25) is 0 Å².